The topological polar surface area (TPSA) is 67.2 Å². The van der Waals surface area contributed by atoms with Gasteiger partial charge >= 0.3 is 0 Å². The second kappa shape index (κ2) is 6.71. The van der Waals surface area contributed by atoms with Crippen LogP contribution in [0.5, 0.6) is 0 Å². The molecule has 22 heavy (non-hydrogen) atoms. The minimum absolute atomic E-state index is 0.0763. The highest BCUT2D eigenvalue weighted by atomic mass is 79.9. The summed E-state index contributed by atoms with van der Waals surface area (Å²) in [6.07, 6.45) is 0. The van der Waals surface area contributed by atoms with E-state index in [-0.39, 0.29) is 17.9 Å². The van der Waals surface area contributed by atoms with Crippen LogP contribution >= 0.6 is 27.5 Å². The maximum atomic E-state index is 11.9. The van der Waals surface area contributed by atoms with Crippen molar-refractivity contribution in [3.8, 4) is 0 Å². The lowest BCUT2D eigenvalue weighted by Crippen LogP contribution is -2.21. The number of hydrogen-bond donors (Lipinski definition) is 2. The van der Waals surface area contributed by atoms with E-state index in [0.29, 0.717) is 16.6 Å². The third-order valence-electron chi connectivity index (χ3n) is 2.91. The van der Waals surface area contributed by atoms with Crippen molar-refractivity contribution >= 4 is 45.0 Å². The Morgan fingerprint density at radius 2 is 2.09 bits per heavy atom. The van der Waals surface area contributed by atoms with Gasteiger partial charge in [-0.2, -0.15) is 0 Å². The first-order chi connectivity index (χ1) is 10.3. The molecular weight excluding hydrogens is 370 g/mol. The molecule has 0 aliphatic carbocycles. The van der Waals surface area contributed by atoms with Gasteiger partial charge < -0.3 is 9.84 Å². The predicted octanol–water partition coefficient (Wildman–Crippen LogP) is 4.44. The van der Waals surface area contributed by atoms with Crippen LogP contribution in [0.4, 0.5) is 11.6 Å². The van der Waals surface area contributed by atoms with Gasteiger partial charge in [-0.15, -0.1) is 0 Å². The molecule has 1 aromatic heterocycles. The summed E-state index contributed by atoms with van der Waals surface area (Å²) in [5.41, 5.74) is 1.34. The molecule has 1 aromatic carbocycles. The molecule has 2 aromatic rings. The van der Waals surface area contributed by atoms with Gasteiger partial charge in [-0.1, -0.05) is 53.5 Å². The molecule has 0 bridgehead atoms. The summed E-state index contributed by atoms with van der Waals surface area (Å²) in [6.45, 7) is 6.14. The predicted molar refractivity (Wildman–Crippen MR) is 91.5 cm³/mol. The molecule has 0 radical (unpaired) electrons. The molecule has 5 nitrogen and oxygen atoms in total. The van der Waals surface area contributed by atoms with Crippen LogP contribution in [0.25, 0.3) is 0 Å². The Bertz CT molecular complexity index is 680. The van der Waals surface area contributed by atoms with Gasteiger partial charge in [0.25, 0.3) is 0 Å². The van der Waals surface area contributed by atoms with Crippen LogP contribution in [-0.4, -0.2) is 17.6 Å². The maximum Gasteiger partial charge on any atom is 0.246 e. The van der Waals surface area contributed by atoms with E-state index in [1.54, 1.807) is 18.2 Å². The summed E-state index contributed by atoms with van der Waals surface area (Å²) >= 11 is 9.40. The van der Waals surface area contributed by atoms with E-state index in [1.807, 2.05) is 26.8 Å². The summed E-state index contributed by atoms with van der Waals surface area (Å²) in [5.74, 6) is 0.0919. The van der Waals surface area contributed by atoms with Crippen LogP contribution in [0.2, 0.25) is 5.02 Å². The Morgan fingerprint density at radius 1 is 1.36 bits per heavy atom. The Kier molecular flexibility index (Phi) is 5.13. The minimum Gasteiger partial charge on any atom is -0.375 e. The van der Waals surface area contributed by atoms with Crippen LogP contribution < -0.4 is 10.6 Å². The molecule has 0 aliphatic heterocycles. The molecule has 0 saturated heterocycles. The number of amides is 1. The quantitative estimate of drug-likeness (QED) is 0.815. The van der Waals surface area contributed by atoms with Crippen molar-refractivity contribution in [2.75, 3.05) is 17.2 Å². The average Bonchev–Trinajstić information content (AvgIpc) is 2.86. The summed E-state index contributed by atoms with van der Waals surface area (Å²) in [5, 5.41) is 10.1. The summed E-state index contributed by atoms with van der Waals surface area (Å²) < 4.78 is 5.99. The number of benzene rings is 1. The van der Waals surface area contributed by atoms with E-state index < -0.39 is 0 Å². The smallest absolute Gasteiger partial charge is 0.246 e. The number of carbonyl (C=O) groups excluding carboxylic acids is 1. The molecule has 0 unspecified atom stereocenters. The zero-order valence-electron chi connectivity index (χ0n) is 12.5. The average molecular weight is 387 g/mol. The lowest BCUT2D eigenvalue weighted by Gasteiger charge is -2.12. The van der Waals surface area contributed by atoms with Crippen LogP contribution in [0.1, 0.15) is 26.5 Å². The largest absolute Gasteiger partial charge is 0.375 e. The molecule has 2 rings (SSSR count). The zero-order chi connectivity index (χ0) is 16.3. The molecule has 0 saturated carbocycles. The standard InChI is InChI=1S/C15H17BrClN3O2/c1-15(2,3)12-7-14(22-20-12)19-13(21)8-18-11-5-4-9(16)6-10(11)17/h4-7,18H,8H2,1-3H3,(H,19,21). The fourth-order valence-electron chi connectivity index (χ4n) is 1.68. The Morgan fingerprint density at radius 3 is 2.68 bits per heavy atom. The number of carbonyl (C=O) groups is 1. The monoisotopic (exact) mass is 385 g/mol. The van der Waals surface area contributed by atoms with Crippen LogP contribution in [0.3, 0.4) is 0 Å². The van der Waals surface area contributed by atoms with Crippen molar-refractivity contribution in [1.29, 1.82) is 0 Å². The van der Waals surface area contributed by atoms with Gasteiger partial charge in [-0.25, -0.2) is 0 Å². The highest BCUT2D eigenvalue weighted by Gasteiger charge is 2.19. The van der Waals surface area contributed by atoms with Gasteiger partial charge in [0.15, 0.2) is 0 Å². The molecule has 2 N–H and O–H groups in total. The highest BCUT2D eigenvalue weighted by molar-refractivity contribution is 9.10. The lowest BCUT2D eigenvalue weighted by atomic mass is 9.92. The molecular formula is C15H17BrClN3O2. The third-order valence-corrected chi connectivity index (χ3v) is 3.72. The second-order valence-electron chi connectivity index (χ2n) is 5.85. The maximum absolute atomic E-state index is 11.9. The SMILES string of the molecule is CC(C)(C)c1cc(NC(=O)CNc2ccc(Br)cc2Cl)on1. The van der Waals surface area contributed by atoms with Crippen LogP contribution in [-0.2, 0) is 10.2 Å². The first-order valence-electron chi connectivity index (χ1n) is 6.71. The first kappa shape index (κ1) is 16.8. The van der Waals surface area contributed by atoms with Gasteiger partial charge in [-0.3, -0.25) is 10.1 Å². The molecule has 1 heterocycles. The molecule has 0 spiro atoms. The fourth-order valence-corrected chi connectivity index (χ4v) is 2.42. The van der Waals surface area contributed by atoms with Crippen molar-refractivity contribution in [2.45, 2.75) is 26.2 Å². The van der Waals surface area contributed by atoms with E-state index >= 15 is 0 Å². The Labute approximate surface area is 142 Å². The molecule has 0 atom stereocenters. The number of nitrogens with zero attached hydrogens (tertiary/aromatic N) is 1. The molecule has 7 heteroatoms. The van der Waals surface area contributed by atoms with E-state index in [4.69, 9.17) is 16.1 Å². The molecule has 0 aliphatic rings. The second-order valence-corrected chi connectivity index (χ2v) is 7.18. The zero-order valence-corrected chi connectivity index (χ0v) is 14.9. The Balaban J connectivity index is 1.92. The highest BCUT2D eigenvalue weighted by Crippen LogP contribution is 2.26. The van der Waals surface area contributed by atoms with Crippen molar-refractivity contribution in [1.82, 2.24) is 5.16 Å². The fraction of sp³-hybridized carbons (Fsp3) is 0.333. The normalized spacial score (nSPS) is 11.3. The first-order valence-corrected chi connectivity index (χ1v) is 7.89. The van der Waals surface area contributed by atoms with Gasteiger partial charge in [0.05, 0.1) is 22.9 Å². The third kappa shape index (κ3) is 4.48. The van der Waals surface area contributed by atoms with Crippen LogP contribution in [0, 0.1) is 0 Å². The number of halogens is 2. The van der Waals surface area contributed by atoms with Gasteiger partial charge in [-0.05, 0) is 18.2 Å². The summed E-state index contributed by atoms with van der Waals surface area (Å²) in [7, 11) is 0. The van der Waals surface area contributed by atoms with E-state index in [2.05, 4.69) is 31.7 Å². The number of nitrogens with one attached hydrogen (secondary N) is 2. The number of hydrogen-bond acceptors (Lipinski definition) is 4. The van der Waals surface area contributed by atoms with Crippen molar-refractivity contribution < 1.29 is 9.32 Å². The molecule has 0 fully saturated rings. The van der Waals surface area contributed by atoms with Crippen molar-refractivity contribution in [3.05, 3.63) is 39.5 Å². The molecule has 118 valence electrons. The number of anilines is 2. The van der Waals surface area contributed by atoms with Crippen molar-refractivity contribution in [3.63, 3.8) is 0 Å². The van der Waals surface area contributed by atoms with Crippen molar-refractivity contribution in [2.24, 2.45) is 0 Å². The van der Waals surface area contributed by atoms with Crippen LogP contribution in [0.15, 0.2) is 33.3 Å². The summed E-state index contributed by atoms with van der Waals surface area (Å²) in [4.78, 5) is 11.9. The van der Waals surface area contributed by atoms with E-state index in [9.17, 15) is 4.79 Å². The Hall–Kier alpha value is -1.53. The molecule has 1 amide bonds. The van der Waals surface area contributed by atoms with Gasteiger partial charge in [0, 0.05) is 16.0 Å². The van der Waals surface area contributed by atoms with Gasteiger partial charge in [0.1, 0.15) is 0 Å². The van der Waals surface area contributed by atoms with Gasteiger partial charge in [0.2, 0.25) is 11.8 Å². The van der Waals surface area contributed by atoms with E-state index in [0.717, 1.165) is 10.2 Å². The number of aromatic nitrogens is 1. The van der Waals surface area contributed by atoms with E-state index in [1.165, 1.54) is 0 Å². The lowest BCUT2D eigenvalue weighted by molar-refractivity contribution is -0.114. The number of rotatable bonds is 4. The summed E-state index contributed by atoms with van der Waals surface area (Å²) in [6, 6.07) is 7.13. The minimum atomic E-state index is -0.240.